The number of rotatable bonds is 2. The van der Waals surface area contributed by atoms with Gasteiger partial charge in [-0.1, -0.05) is 0 Å². The molecule has 2 heterocycles. The zero-order chi connectivity index (χ0) is 11.0. The van der Waals surface area contributed by atoms with Gasteiger partial charge >= 0.3 is 0 Å². The molecule has 0 aliphatic carbocycles. The minimum atomic E-state index is -0.219. The molecule has 0 unspecified atom stereocenters. The second-order valence-electron chi connectivity index (χ2n) is 4.33. The molecule has 0 saturated carbocycles. The second-order valence-corrected chi connectivity index (χ2v) is 4.33. The SMILES string of the molecule is Fc1ccc2nc(CN3CCCC3)[nH]c2c1. The maximum absolute atomic E-state index is 13.0. The van der Waals surface area contributed by atoms with Crippen molar-refractivity contribution in [2.75, 3.05) is 13.1 Å². The third kappa shape index (κ3) is 1.80. The molecule has 1 fully saturated rings. The van der Waals surface area contributed by atoms with Gasteiger partial charge in [-0.05, 0) is 44.1 Å². The lowest BCUT2D eigenvalue weighted by molar-refractivity contribution is 0.324. The van der Waals surface area contributed by atoms with E-state index in [9.17, 15) is 4.39 Å². The number of imidazole rings is 1. The first-order chi connectivity index (χ1) is 7.81. The van der Waals surface area contributed by atoms with E-state index in [0.29, 0.717) is 0 Å². The standard InChI is InChI=1S/C12H14FN3/c13-9-3-4-10-11(7-9)15-12(14-10)8-16-5-1-2-6-16/h3-4,7H,1-2,5-6,8H2,(H,14,15). The van der Waals surface area contributed by atoms with Crippen LogP contribution in [0.25, 0.3) is 11.0 Å². The molecule has 0 bridgehead atoms. The van der Waals surface area contributed by atoms with Crippen molar-refractivity contribution in [3.63, 3.8) is 0 Å². The van der Waals surface area contributed by atoms with Gasteiger partial charge in [0.05, 0.1) is 17.6 Å². The normalized spacial score (nSPS) is 17.3. The first-order valence-electron chi connectivity index (χ1n) is 5.68. The number of aromatic amines is 1. The number of hydrogen-bond donors (Lipinski definition) is 1. The van der Waals surface area contributed by atoms with Crippen molar-refractivity contribution in [3.05, 3.63) is 29.8 Å². The first-order valence-corrected chi connectivity index (χ1v) is 5.68. The van der Waals surface area contributed by atoms with Crippen LogP contribution in [0, 0.1) is 5.82 Å². The molecule has 1 N–H and O–H groups in total. The van der Waals surface area contributed by atoms with Crippen molar-refractivity contribution in [1.29, 1.82) is 0 Å². The number of hydrogen-bond acceptors (Lipinski definition) is 2. The summed E-state index contributed by atoms with van der Waals surface area (Å²) in [7, 11) is 0. The van der Waals surface area contributed by atoms with Crippen LogP contribution in [0.15, 0.2) is 18.2 Å². The lowest BCUT2D eigenvalue weighted by Gasteiger charge is -2.11. The van der Waals surface area contributed by atoms with Gasteiger partial charge in [0.1, 0.15) is 11.6 Å². The summed E-state index contributed by atoms with van der Waals surface area (Å²) in [6.45, 7) is 3.13. The Morgan fingerprint density at radius 1 is 1.31 bits per heavy atom. The number of halogens is 1. The fraction of sp³-hybridized carbons (Fsp3) is 0.417. The Kier molecular flexibility index (Phi) is 2.36. The highest BCUT2D eigenvalue weighted by Crippen LogP contribution is 2.16. The zero-order valence-corrected chi connectivity index (χ0v) is 9.04. The Bertz CT molecular complexity index is 500. The monoisotopic (exact) mass is 219 g/mol. The third-order valence-electron chi connectivity index (χ3n) is 3.07. The molecule has 4 heteroatoms. The molecule has 1 aromatic carbocycles. The Hall–Kier alpha value is -1.42. The fourth-order valence-corrected chi connectivity index (χ4v) is 2.26. The number of benzene rings is 1. The van der Waals surface area contributed by atoms with E-state index in [0.717, 1.165) is 36.5 Å². The van der Waals surface area contributed by atoms with Gasteiger partial charge in [-0.25, -0.2) is 9.37 Å². The smallest absolute Gasteiger partial charge is 0.125 e. The first kappa shape index (κ1) is 9.78. The highest BCUT2D eigenvalue weighted by molar-refractivity contribution is 5.74. The Morgan fingerprint density at radius 3 is 2.94 bits per heavy atom. The summed E-state index contributed by atoms with van der Waals surface area (Å²) in [5, 5.41) is 0. The van der Waals surface area contributed by atoms with Gasteiger partial charge in [0, 0.05) is 0 Å². The summed E-state index contributed by atoms with van der Waals surface area (Å²) < 4.78 is 13.0. The summed E-state index contributed by atoms with van der Waals surface area (Å²) >= 11 is 0. The minimum Gasteiger partial charge on any atom is -0.341 e. The summed E-state index contributed by atoms with van der Waals surface area (Å²) in [5.74, 6) is 0.714. The van der Waals surface area contributed by atoms with Crippen LogP contribution in [0.2, 0.25) is 0 Å². The summed E-state index contributed by atoms with van der Waals surface area (Å²) in [6, 6.07) is 4.66. The van der Waals surface area contributed by atoms with Crippen LogP contribution in [0.1, 0.15) is 18.7 Å². The molecule has 84 valence electrons. The van der Waals surface area contributed by atoms with Crippen LogP contribution in [0.3, 0.4) is 0 Å². The van der Waals surface area contributed by atoms with Crippen molar-refractivity contribution in [1.82, 2.24) is 14.9 Å². The molecule has 1 aromatic heterocycles. The Morgan fingerprint density at radius 2 is 2.12 bits per heavy atom. The van der Waals surface area contributed by atoms with E-state index in [-0.39, 0.29) is 5.82 Å². The van der Waals surface area contributed by atoms with Crippen LogP contribution in [0.4, 0.5) is 4.39 Å². The van der Waals surface area contributed by atoms with Crippen molar-refractivity contribution >= 4 is 11.0 Å². The molecule has 0 radical (unpaired) electrons. The number of nitrogens with zero attached hydrogens (tertiary/aromatic N) is 2. The van der Waals surface area contributed by atoms with Crippen molar-refractivity contribution in [3.8, 4) is 0 Å². The van der Waals surface area contributed by atoms with E-state index in [1.165, 1.54) is 25.0 Å². The predicted octanol–water partition coefficient (Wildman–Crippen LogP) is 2.30. The highest BCUT2D eigenvalue weighted by Gasteiger charge is 2.13. The zero-order valence-electron chi connectivity index (χ0n) is 9.04. The quantitative estimate of drug-likeness (QED) is 0.840. The van der Waals surface area contributed by atoms with E-state index < -0.39 is 0 Å². The van der Waals surface area contributed by atoms with E-state index in [2.05, 4.69) is 14.9 Å². The predicted molar refractivity (Wildman–Crippen MR) is 60.6 cm³/mol. The van der Waals surface area contributed by atoms with Gasteiger partial charge in [0.15, 0.2) is 0 Å². The molecule has 2 aromatic rings. The molecular formula is C12H14FN3. The summed E-state index contributed by atoms with van der Waals surface area (Å²) in [4.78, 5) is 9.99. The summed E-state index contributed by atoms with van der Waals surface area (Å²) in [5.41, 5.74) is 1.63. The van der Waals surface area contributed by atoms with Crippen LogP contribution >= 0.6 is 0 Å². The molecule has 0 atom stereocenters. The van der Waals surface area contributed by atoms with Crippen LogP contribution in [0.5, 0.6) is 0 Å². The highest BCUT2D eigenvalue weighted by atomic mass is 19.1. The molecule has 1 saturated heterocycles. The van der Waals surface area contributed by atoms with Crippen molar-refractivity contribution in [2.45, 2.75) is 19.4 Å². The average molecular weight is 219 g/mol. The van der Waals surface area contributed by atoms with E-state index in [1.54, 1.807) is 6.07 Å². The van der Waals surface area contributed by atoms with Gasteiger partial charge < -0.3 is 4.98 Å². The number of H-pyrrole nitrogens is 1. The fourth-order valence-electron chi connectivity index (χ4n) is 2.26. The van der Waals surface area contributed by atoms with Gasteiger partial charge in [0.25, 0.3) is 0 Å². The van der Waals surface area contributed by atoms with Gasteiger partial charge in [-0.3, -0.25) is 4.90 Å². The summed E-state index contributed by atoms with van der Waals surface area (Å²) in [6.07, 6.45) is 2.55. The minimum absolute atomic E-state index is 0.219. The number of likely N-dealkylation sites (tertiary alicyclic amines) is 1. The van der Waals surface area contributed by atoms with Gasteiger partial charge in [-0.2, -0.15) is 0 Å². The molecular weight excluding hydrogens is 205 g/mol. The Labute approximate surface area is 93.3 Å². The van der Waals surface area contributed by atoms with Crippen LogP contribution in [-0.4, -0.2) is 28.0 Å². The topological polar surface area (TPSA) is 31.9 Å². The molecule has 1 aliphatic heterocycles. The molecule has 0 amide bonds. The van der Waals surface area contributed by atoms with Crippen LogP contribution < -0.4 is 0 Å². The van der Waals surface area contributed by atoms with Crippen molar-refractivity contribution < 1.29 is 4.39 Å². The lowest BCUT2D eigenvalue weighted by Crippen LogP contribution is -2.19. The second kappa shape index (κ2) is 3.87. The maximum Gasteiger partial charge on any atom is 0.125 e. The molecule has 0 spiro atoms. The number of aromatic nitrogens is 2. The maximum atomic E-state index is 13.0. The third-order valence-corrected chi connectivity index (χ3v) is 3.07. The molecule has 3 nitrogen and oxygen atoms in total. The van der Waals surface area contributed by atoms with E-state index in [4.69, 9.17) is 0 Å². The van der Waals surface area contributed by atoms with Gasteiger partial charge in [0.2, 0.25) is 0 Å². The van der Waals surface area contributed by atoms with Crippen LogP contribution in [-0.2, 0) is 6.54 Å². The largest absolute Gasteiger partial charge is 0.341 e. The molecule has 1 aliphatic rings. The van der Waals surface area contributed by atoms with Gasteiger partial charge in [-0.15, -0.1) is 0 Å². The van der Waals surface area contributed by atoms with E-state index in [1.807, 2.05) is 0 Å². The number of fused-ring (bicyclic) bond motifs is 1. The average Bonchev–Trinajstić information content (AvgIpc) is 2.86. The molecule has 3 rings (SSSR count). The molecule has 16 heavy (non-hydrogen) atoms. The lowest BCUT2D eigenvalue weighted by atomic mass is 10.3. The van der Waals surface area contributed by atoms with E-state index >= 15 is 0 Å². The van der Waals surface area contributed by atoms with Crippen molar-refractivity contribution in [2.24, 2.45) is 0 Å². The Balaban J connectivity index is 1.86. The number of nitrogens with one attached hydrogen (secondary N) is 1.